The Balaban J connectivity index is 1.82. The van der Waals surface area contributed by atoms with Crippen LogP contribution in [-0.4, -0.2) is 5.78 Å². The van der Waals surface area contributed by atoms with Gasteiger partial charge in [0.1, 0.15) is 6.04 Å². The van der Waals surface area contributed by atoms with Crippen LogP contribution >= 0.6 is 11.3 Å². The summed E-state index contributed by atoms with van der Waals surface area (Å²) in [6.45, 7) is 0. The highest BCUT2D eigenvalue weighted by molar-refractivity contribution is 7.12. The summed E-state index contributed by atoms with van der Waals surface area (Å²) in [4.78, 5) is 13.0. The Bertz CT molecular complexity index is 586. The summed E-state index contributed by atoms with van der Waals surface area (Å²) in [6.07, 6.45) is 4.71. The average molecular weight is 256 g/mol. The summed E-state index contributed by atoms with van der Waals surface area (Å²) in [5.41, 5.74) is 2.48. The maximum absolute atomic E-state index is 12.2. The number of hydrogen-bond acceptors (Lipinski definition) is 2. The minimum atomic E-state index is 0.209. The second kappa shape index (κ2) is 4.88. The zero-order valence-electron chi connectivity index (χ0n) is 9.87. The number of quaternary nitrogens is 1. The van der Waals surface area contributed by atoms with E-state index in [0.717, 1.165) is 4.88 Å². The molecule has 1 aliphatic rings. The molecule has 1 atom stereocenters. The van der Waals surface area contributed by atoms with Crippen molar-refractivity contribution in [2.45, 2.75) is 12.5 Å². The van der Waals surface area contributed by atoms with Crippen molar-refractivity contribution in [3.63, 3.8) is 0 Å². The van der Waals surface area contributed by atoms with Crippen molar-refractivity contribution in [3.8, 4) is 0 Å². The van der Waals surface area contributed by atoms with Gasteiger partial charge in [-0.3, -0.25) is 4.79 Å². The SMILES string of the molecule is O=C(C[C@H]1[NH2+]C=Cc2ccccc21)c1cccs1. The van der Waals surface area contributed by atoms with E-state index in [4.69, 9.17) is 0 Å². The highest BCUT2D eigenvalue weighted by atomic mass is 32.1. The topological polar surface area (TPSA) is 33.7 Å². The highest BCUT2D eigenvalue weighted by Crippen LogP contribution is 2.23. The number of carbonyl (C=O) groups excluding carboxylic acids is 1. The lowest BCUT2D eigenvalue weighted by Crippen LogP contribution is -2.80. The fourth-order valence-electron chi connectivity index (χ4n) is 2.31. The predicted octanol–water partition coefficient (Wildman–Crippen LogP) is 2.61. The summed E-state index contributed by atoms with van der Waals surface area (Å²) in [5.74, 6) is 0.233. The Morgan fingerprint density at radius 2 is 2.11 bits per heavy atom. The molecule has 0 fully saturated rings. The van der Waals surface area contributed by atoms with E-state index in [0.29, 0.717) is 6.42 Å². The van der Waals surface area contributed by atoms with E-state index in [2.05, 4.69) is 29.7 Å². The molecule has 0 spiro atoms. The number of fused-ring (bicyclic) bond motifs is 1. The molecule has 0 saturated carbocycles. The van der Waals surface area contributed by atoms with Gasteiger partial charge in [-0.25, -0.2) is 0 Å². The van der Waals surface area contributed by atoms with E-state index in [1.165, 1.54) is 22.5 Å². The van der Waals surface area contributed by atoms with Gasteiger partial charge in [-0.15, -0.1) is 11.3 Å². The quantitative estimate of drug-likeness (QED) is 0.841. The third-order valence-corrected chi connectivity index (χ3v) is 4.13. The molecule has 90 valence electrons. The summed E-state index contributed by atoms with van der Waals surface area (Å²) in [7, 11) is 0. The number of carbonyl (C=O) groups is 1. The normalized spacial score (nSPS) is 17.4. The summed E-state index contributed by atoms with van der Waals surface area (Å²) < 4.78 is 0. The molecule has 2 N–H and O–H groups in total. The Labute approximate surface area is 110 Å². The first kappa shape index (κ1) is 11.4. The van der Waals surface area contributed by atoms with Gasteiger partial charge in [0.15, 0.2) is 5.78 Å². The molecule has 18 heavy (non-hydrogen) atoms. The standard InChI is InChI=1S/C15H13NOS/c17-14(15-6-3-9-18-15)10-13-12-5-2-1-4-11(12)7-8-16-13/h1-9,13,16H,10H2/p+1/t13-/m1/s1. The van der Waals surface area contributed by atoms with Crippen molar-refractivity contribution in [1.82, 2.24) is 0 Å². The average Bonchev–Trinajstić information content (AvgIpc) is 2.93. The van der Waals surface area contributed by atoms with E-state index in [9.17, 15) is 4.79 Å². The van der Waals surface area contributed by atoms with Crippen LogP contribution in [-0.2, 0) is 0 Å². The predicted molar refractivity (Wildman–Crippen MR) is 73.4 cm³/mol. The summed E-state index contributed by atoms with van der Waals surface area (Å²) in [6, 6.07) is 12.3. The smallest absolute Gasteiger partial charge is 0.179 e. The molecular weight excluding hydrogens is 242 g/mol. The molecule has 2 nitrogen and oxygen atoms in total. The molecule has 1 aromatic carbocycles. The molecule has 0 radical (unpaired) electrons. The van der Waals surface area contributed by atoms with E-state index in [1.54, 1.807) is 0 Å². The van der Waals surface area contributed by atoms with Crippen LogP contribution in [0.4, 0.5) is 0 Å². The van der Waals surface area contributed by atoms with Gasteiger partial charge < -0.3 is 5.32 Å². The van der Waals surface area contributed by atoms with Crippen LogP contribution in [0.3, 0.4) is 0 Å². The molecule has 0 saturated heterocycles. The van der Waals surface area contributed by atoms with Gasteiger partial charge in [-0.05, 0) is 23.1 Å². The number of Topliss-reactive ketones (excluding diaryl/α,β-unsaturated/α-hetero) is 1. The monoisotopic (exact) mass is 256 g/mol. The molecule has 0 amide bonds. The van der Waals surface area contributed by atoms with Crippen molar-refractivity contribution in [3.05, 3.63) is 64.0 Å². The fraction of sp³-hybridized carbons (Fsp3) is 0.133. The van der Waals surface area contributed by atoms with Crippen LogP contribution in [0.2, 0.25) is 0 Å². The van der Waals surface area contributed by atoms with Gasteiger partial charge in [0.2, 0.25) is 0 Å². The molecule has 1 aliphatic heterocycles. The Morgan fingerprint density at radius 1 is 1.22 bits per heavy atom. The lowest BCUT2D eigenvalue weighted by atomic mass is 9.94. The molecule has 3 rings (SSSR count). The number of benzene rings is 1. The van der Waals surface area contributed by atoms with Crippen LogP contribution in [0, 0.1) is 0 Å². The van der Waals surface area contributed by atoms with Crippen molar-refractivity contribution in [1.29, 1.82) is 0 Å². The van der Waals surface area contributed by atoms with Crippen LogP contribution in [0.5, 0.6) is 0 Å². The minimum Gasteiger partial charge on any atom is -0.313 e. The van der Waals surface area contributed by atoms with Crippen molar-refractivity contribution >= 4 is 23.2 Å². The Kier molecular flexibility index (Phi) is 3.09. The highest BCUT2D eigenvalue weighted by Gasteiger charge is 2.23. The van der Waals surface area contributed by atoms with E-state index in [-0.39, 0.29) is 11.8 Å². The number of hydrogen-bond donors (Lipinski definition) is 1. The zero-order valence-corrected chi connectivity index (χ0v) is 10.7. The van der Waals surface area contributed by atoms with Crippen LogP contribution in [0.1, 0.15) is 33.3 Å². The second-order valence-electron chi connectivity index (χ2n) is 4.39. The first-order valence-electron chi connectivity index (χ1n) is 6.02. The van der Waals surface area contributed by atoms with Crippen LogP contribution < -0.4 is 5.32 Å². The minimum absolute atomic E-state index is 0.209. The molecule has 3 heteroatoms. The number of nitrogens with two attached hydrogens (primary N) is 1. The first-order valence-corrected chi connectivity index (χ1v) is 6.90. The van der Waals surface area contributed by atoms with E-state index >= 15 is 0 Å². The van der Waals surface area contributed by atoms with Gasteiger partial charge in [-0.2, -0.15) is 0 Å². The maximum Gasteiger partial charge on any atom is 0.179 e. The summed E-state index contributed by atoms with van der Waals surface area (Å²) in [5, 5.41) is 4.07. The third-order valence-electron chi connectivity index (χ3n) is 3.22. The van der Waals surface area contributed by atoms with Crippen molar-refractivity contribution < 1.29 is 10.1 Å². The molecule has 0 bridgehead atoms. The largest absolute Gasteiger partial charge is 0.313 e. The van der Waals surface area contributed by atoms with Crippen LogP contribution in [0.15, 0.2) is 48.0 Å². The maximum atomic E-state index is 12.2. The summed E-state index contributed by atoms with van der Waals surface area (Å²) >= 11 is 1.52. The van der Waals surface area contributed by atoms with Gasteiger partial charge in [0.05, 0.1) is 17.5 Å². The lowest BCUT2D eigenvalue weighted by Gasteiger charge is -2.18. The van der Waals surface area contributed by atoms with Crippen LogP contribution in [0.25, 0.3) is 6.08 Å². The van der Waals surface area contributed by atoms with Gasteiger partial charge >= 0.3 is 0 Å². The second-order valence-corrected chi connectivity index (χ2v) is 5.34. The lowest BCUT2D eigenvalue weighted by molar-refractivity contribution is -0.632. The zero-order chi connectivity index (χ0) is 12.4. The number of ketones is 1. The molecule has 1 aromatic heterocycles. The molecule has 0 unspecified atom stereocenters. The molecule has 0 aliphatic carbocycles. The first-order chi connectivity index (χ1) is 8.84. The molecule has 2 aromatic rings. The van der Waals surface area contributed by atoms with Crippen molar-refractivity contribution in [2.75, 3.05) is 0 Å². The number of rotatable bonds is 3. The molecular formula is C15H14NOS+. The van der Waals surface area contributed by atoms with Gasteiger partial charge in [0.25, 0.3) is 0 Å². The Morgan fingerprint density at radius 3 is 2.94 bits per heavy atom. The van der Waals surface area contributed by atoms with Gasteiger partial charge in [-0.1, -0.05) is 30.3 Å². The van der Waals surface area contributed by atoms with E-state index < -0.39 is 0 Å². The van der Waals surface area contributed by atoms with Gasteiger partial charge in [0, 0.05) is 5.56 Å². The van der Waals surface area contributed by atoms with E-state index in [1.807, 2.05) is 29.6 Å². The van der Waals surface area contributed by atoms with Crippen molar-refractivity contribution in [2.24, 2.45) is 0 Å². The fourth-order valence-corrected chi connectivity index (χ4v) is 2.99. The molecule has 2 heterocycles. The third kappa shape index (κ3) is 2.15. The Hall–Kier alpha value is -1.71. The number of thiophene rings is 1.